The maximum atomic E-state index is 11.9. The predicted molar refractivity (Wildman–Crippen MR) is 110 cm³/mol. The third-order valence-electron chi connectivity index (χ3n) is 4.93. The van der Waals surface area contributed by atoms with Crippen LogP contribution in [-0.2, 0) is 17.8 Å². The molecule has 3 rings (SSSR count). The van der Waals surface area contributed by atoms with Crippen molar-refractivity contribution in [3.8, 4) is 0 Å². The molecule has 7 heteroatoms. The number of aryl methyl sites for hydroxylation is 1. The Hall–Kier alpha value is -2.18. The highest BCUT2D eigenvalue weighted by Gasteiger charge is 2.18. The molecule has 150 valence electrons. The Morgan fingerprint density at radius 2 is 2.29 bits per heavy atom. The van der Waals surface area contributed by atoms with Gasteiger partial charge < -0.3 is 9.84 Å². The molecule has 1 aliphatic heterocycles. The molecule has 1 N–H and O–H groups in total. The van der Waals surface area contributed by atoms with Crippen molar-refractivity contribution in [2.24, 2.45) is 0 Å². The molecule has 0 fully saturated rings. The van der Waals surface area contributed by atoms with Gasteiger partial charge >= 0.3 is 0 Å². The Morgan fingerprint density at radius 1 is 1.43 bits per heavy atom. The lowest BCUT2D eigenvalue weighted by atomic mass is 10.1. The first-order chi connectivity index (χ1) is 13.5. The van der Waals surface area contributed by atoms with Crippen molar-refractivity contribution in [3.05, 3.63) is 52.6 Å². The quantitative estimate of drug-likeness (QED) is 0.725. The van der Waals surface area contributed by atoms with Crippen LogP contribution >= 0.6 is 11.6 Å². The summed E-state index contributed by atoms with van der Waals surface area (Å²) in [7, 11) is 0. The molecule has 28 heavy (non-hydrogen) atoms. The highest BCUT2D eigenvalue weighted by Crippen LogP contribution is 2.22. The summed E-state index contributed by atoms with van der Waals surface area (Å²) < 4.78 is 5.33. The number of rotatable bonds is 8. The summed E-state index contributed by atoms with van der Waals surface area (Å²) in [5, 5.41) is 7.80. The number of benzene rings is 1. The predicted octanol–water partition coefficient (Wildman–Crippen LogP) is 3.86. The molecule has 0 unspecified atom stereocenters. The van der Waals surface area contributed by atoms with E-state index >= 15 is 0 Å². The summed E-state index contributed by atoms with van der Waals surface area (Å²) in [4.78, 5) is 18.7. The fourth-order valence-electron chi connectivity index (χ4n) is 3.11. The second-order valence-electron chi connectivity index (χ2n) is 7.23. The molecule has 6 nitrogen and oxygen atoms in total. The number of hydrogen-bond donors (Lipinski definition) is 1. The normalized spacial score (nSPS) is 15.9. The van der Waals surface area contributed by atoms with E-state index in [-0.39, 0.29) is 11.9 Å². The van der Waals surface area contributed by atoms with Crippen LogP contribution < -0.4 is 5.32 Å². The molecule has 2 heterocycles. The van der Waals surface area contributed by atoms with Crippen molar-refractivity contribution in [3.63, 3.8) is 0 Å². The third-order valence-corrected chi connectivity index (χ3v) is 5.16. The average molecular weight is 403 g/mol. The van der Waals surface area contributed by atoms with E-state index in [9.17, 15) is 4.79 Å². The van der Waals surface area contributed by atoms with Crippen molar-refractivity contribution in [1.82, 2.24) is 20.4 Å². The Labute approximate surface area is 170 Å². The van der Waals surface area contributed by atoms with Gasteiger partial charge in [-0.15, -0.1) is 0 Å². The summed E-state index contributed by atoms with van der Waals surface area (Å²) >= 11 is 6.06. The summed E-state index contributed by atoms with van der Waals surface area (Å²) in [5.74, 6) is 1.17. The van der Waals surface area contributed by atoms with Gasteiger partial charge in [-0.25, -0.2) is 0 Å². The smallest absolute Gasteiger partial charge is 0.227 e. The van der Waals surface area contributed by atoms with Crippen LogP contribution in [0.25, 0.3) is 5.57 Å². The Kier molecular flexibility index (Phi) is 7.23. The molecule has 0 bridgehead atoms. The SMILES string of the molecule is CC[C@H](C)NC(=O)CCc1nc(C2=CCN(Cc3cccc(Cl)c3)CC2)no1. The molecular formula is C21H27ClN4O2. The molecule has 1 atom stereocenters. The molecule has 0 spiro atoms. The number of nitrogens with zero attached hydrogens (tertiary/aromatic N) is 3. The van der Waals surface area contributed by atoms with Crippen LogP contribution in [0.5, 0.6) is 0 Å². The van der Waals surface area contributed by atoms with Crippen molar-refractivity contribution in [1.29, 1.82) is 0 Å². The molecular weight excluding hydrogens is 376 g/mol. The molecule has 1 aliphatic rings. The van der Waals surface area contributed by atoms with Gasteiger partial charge in [-0.1, -0.05) is 41.9 Å². The van der Waals surface area contributed by atoms with Crippen molar-refractivity contribution in [2.75, 3.05) is 13.1 Å². The second kappa shape index (κ2) is 9.85. The molecule has 2 aromatic rings. The van der Waals surface area contributed by atoms with Gasteiger partial charge in [-0.05, 0) is 43.0 Å². The molecule has 0 saturated heterocycles. The van der Waals surface area contributed by atoms with Gasteiger partial charge in [-0.2, -0.15) is 4.98 Å². The molecule has 1 aromatic carbocycles. The first-order valence-corrected chi connectivity index (χ1v) is 10.2. The highest BCUT2D eigenvalue weighted by molar-refractivity contribution is 6.30. The molecule has 0 radical (unpaired) electrons. The van der Waals surface area contributed by atoms with Crippen LogP contribution in [0.3, 0.4) is 0 Å². The first-order valence-electron chi connectivity index (χ1n) is 9.81. The second-order valence-corrected chi connectivity index (χ2v) is 7.67. The van der Waals surface area contributed by atoms with E-state index in [1.807, 2.05) is 32.0 Å². The maximum Gasteiger partial charge on any atom is 0.227 e. The topological polar surface area (TPSA) is 71.3 Å². The van der Waals surface area contributed by atoms with Gasteiger partial charge in [-0.3, -0.25) is 9.69 Å². The lowest BCUT2D eigenvalue weighted by molar-refractivity contribution is -0.121. The minimum absolute atomic E-state index is 0.0163. The number of hydrogen-bond acceptors (Lipinski definition) is 5. The zero-order valence-corrected chi connectivity index (χ0v) is 17.2. The van der Waals surface area contributed by atoms with Gasteiger partial charge in [0.25, 0.3) is 0 Å². The number of halogens is 1. The lowest BCUT2D eigenvalue weighted by Gasteiger charge is -2.25. The molecule has 0 saturated carbocycles. The largest absolute Gasteiger partial charge is 0.354 e. The first kappa shape index (κ1) is 20.6. The van der Waals surface area contributed by atoms with Crippen molar-refractivity contribution < 1.29 is 9.32 Å². The van der Waals surface area contributed by atoms with Crippen LogP contribution in [-0.4, -0.2) is 40.1 Å². The Balaban J connectivity index is 1.50. The summed E-state index contributed by atoms with van der Waals surface area (Å²) in [6, 6.07) is 8.15. The van der Waals surface area contributed by atoms with Crippen LogP contribution in [0.4, 0.5) is 0 Å². The fraction of sp³-hybridized carbons (Fsp3) is 0.476. The highest BCUT2D eigenvalue weighted by atomic mass is 35.5. The number of nitrogens with one attached hydrogen (secondary N) is 1. The summed E-state index contributed by atoms with van der Waals surface area (Å²) in [6.45, 7) is 6.67. The molecule has 1 aromatic heterocycles. The lowest BCUT2D eigenvalue weighted by Crippen LogP contribution is -2.32. The zero-order chi connectivity index (χ0) is 19.9. The number of amides is 1. The van der Waals surface area contributed by atoms with E-state index in [4.69, 9.17) is 16.1 Å². The fourth-order valence-corrected chi connectivity index (χ4v) is 3.32. The van der Waals surface area contributed by atoms with Crippen LogP contribution in [0.1, 0.15) is 50.4 Å². The Morgan fingerprint density at radius 3 is 3.00 bits per heavy atom. The van der Waals surface area contributed by atoms with E-state index in [1.54, 1.807) is 0 Å². The third kappa shape index (κ3) is 5.91. The van der Waals surface area contributed by atoms with Gasteiger partial charge in [0.15, 0.2) is 5.82 Å². The molecule has 1 amide bonds. The van der Waals surface area contributed by atoms with E-state index in [2.05, 4.69) is 32.5 Å². The van der Waals surface area contributed by atoms with Gasteiger partial charge in [0.1, 0.15) is 0 Å². The minimum atomic E-state index is 0.0163. The summed E-state index contributed by atoms with van der Waals surface area (Å²) in [6.07, 6.45) is 4.76. The monoisotopic (exact) mass is 402 g/mol. The molecule has 0 aliphatic carbocycles. The average Bonchev–Trinajstić information content (AvgIpc) is 3.16. The van der Waals surface area contributed by atoms with Crippen molar-refractivity contribution in [2.45, 2.75) is 52.1 Å². The number of carbonyl (C=O) groups is 1. The van der Waals surface area contributed by atoms with Gasteiger partial charge in [0.2, 0.25) is 11.8 Å². The zero-order valence-electron chi connectivity index (χ0n) is 16.4. The minimum Gasteiger partial charge on any atom is -0.354 e. The maximum absolute atomic E-state index is 11.9. The van der Waals surface area contributed by atoms with Crippen LogP contribution in [0.15, 0.2) is 34.9 Å². The van der Waals surface area contributed by atoms with Crippen LogP contribution in [0.2, 0.25) is 5.02 Å². The number of aromatic nitrogens is 2. The van der Waals surface area contributed by atoms with Gasteiger partial charge in [0.05, 0.1) is 0 Å². The van der Waals surface area contributed by atoms with E-state index < -0.39 is 0 Å². The summed E-state index contributed by atoms with van der Waals surface area (Å²) in [5.41, 5.74) is 2.31. The van der Waals surface area contributed by atoms with E-state index in [0.717, 1.165) is 43.1 Å². The van der Waals surface area contributed by atoms with Gasteiger partial charge in [0, 0.05) is 43.5 Å². The van der Waals surface area contributed by atoms with Crippen LogP contribution in [0, 0.1) is 0 Å². The van der Waals surface area contributed by atoms with E-state index in [0.29, 0.717) is 24.6 Å². The Bertz CT molecular complexity index is 833. The number of carbonyl (C=O) groups excluding carboxylic acids is 1. The van der Waals surface area contributed by atoms with E-state index in [1.165, 1.54) is 5.56 Å². The standard InChI is InChI=1S/C21H27ClN4O2/c1-3-15(2)23-19(27)7-8-20-24-21(25-28-20)17-9-11-26(12-10-17)14-16-5-4-6-18(22)13-16/h4-6,9,13,15H,3,7-8,10-12,14H2,1-2H3,(H,23,27)/t15-/m0/s1. The van der Waals surface area contributed by atoms with Crippen molar-refractivity contribution >= 4 is 23.1 Å².